The highest BCUT2D eigenvalue weighted by Crippen LogP contribution is 2.35. The Kier molecular flexibility index (Phi) is 4.52. The molecular formula is C14H11BrClNO3. The van der Waals surface area contributed by atoms with Gasteiger partial charge in [-0.15, -0.1) is 0 Å². The molecule has 0 atom stereocenters. The summed E-state index contributed by atoms with van der Waals surface area (Å²) in [4.78, 5) is 11.2. The maximum absolute atomic E-state index is 11.2. The summed E-state index contributed by atoms with van der Waals surface area (Å²) in [5.74, 6) is -0.550. The van der Waals surface area contributed by atoms with Crippen molar-refractivity contribution in [2.24, 2.45) is 0 Å². The summed E-state index contributed by atoms with van der Waals surface area (Å²) in [7, 11) is 1.51. The molecule has 0 aromatic heterocycles. The smallest absolute Gasteiger partial charge is 0.337 e. The second-order valence-corrected chi connectivity index (χ2v) is 5.26. The standard InChI is InChI=1S/C14H11BrClNO3/c1-20-13-10(16)3-2-4-11(13)17-12-7-8(15)5-6-9(12)14(18)19/h2-7,17H,1H3,(H,18,19). The van der Waals surface area contributed by atoms with Crippen molar-refractivity contribution in [2.45, 2.75) is 0 Å². The molecule has 20 heavy (non-hydrogen) atoms. The van der Waals surface area contributed by atoms with E-state index in [4.69, 9.17) is 16.3 Å². The van der Waals surface area contributed by atoms with Gasteiger partial charge in [0, 0.05) is 4.47 Å². The third kappa shape index (κ3) is 3.05. The van der Waals surface area contributed by atoms with Gasteiger partial charge in [0.05, 0.1) is 29.1 Å². The van der Waals surface area contributed by atoms with Crippen molar-refractivity contribution in [1.29, 1.82) is 0 Å². The van der Waals surface area contributed by atoms with Gasteiger partial charge in [-0.3, -0.25) is 0 Å². The van der Waals surface area contributed by atoms with Crippen LogP contribution in [0.5, 0.6) is 5.75 Å². The monoisotopic (exact) mass is 355 g/mol. The summed E-state index contributed by atoms with van der Waals surface area (Å²) >= 11 is 9.36. The third-order valence-electron chi connectivity index (χ3n) is 2.65. The van der Waals surface area contributed by atoms with Gasteiger partial charge in [0.1, 0.15) is 0 Å². The molecule has 2 aromatic rings. The van der Waals surface area contributed by atoms with Gasteiger partial charge in [-0.25, -0.2) is 4.79 Å². The van der Waals surface area contributed by atoms with Crippen molar-refractivity contribution in [1.82, 2.24) is 0 Å². The number of aromatic carboxylic acids is 1. The highest BCUT2D eigenvalue weighted by molar-refractivity contribution is 9.10. The summed E-state index contributed by atoms with van der Waals surface area (Å²) in [5, 5.41) is 12.7. The molecule has 0 aliphatic carbocycles. The zero-order chi connectivity index (χ0) is 14.7. The van der Waals surface area contributed by atoms with Gasteiger partial charge in [0.15, 0.2) is 5.75 Å². The van der Waals surface area contributed by atoms with Crippen LogP contribution >= 0.6 is 27.5 Å². The van der Waals surface area contributed by atoms with Crippen molar-refractivity contribution < 1.29 is 14.6 Å². The summed E-state index contributed by atoms with van der Waals surface area (Å²) in [6.45, 7) is 0. The topological polar surface area (TPSA) is 58.6 Å². The lowest BCUT2D eigenvalue weighted by atomic mass is 10.1. The molecule has 6 heteroatoms. The SMILES string of the molecule is COc1c(Cl)cccc1Nc1cc(Br)ccc1C(=O)O. The number of halogens is 2. The molecule has 4 nitrogen and oxygen atoms in total. The van der Waals surface area contributed by atoms with Gasteiger partial charge in [-0.2, -0.15) is 0 Å². The fourth-order valence-electron chi connectivity index (χ4n) is 1.77. The van der Waals surface area contributed by atoms with E-state index in [1.165, 1.54) is 13.2 Å². The molecule has 0 amide bonds. The van der Waals surface area contributed by atoms with Crippen LogP contribution in [0.4, 0.5) is 11.4 Å². The number of anilines is 2. The van der Waals surface area contributed by atoms with Crippen LogP contribution in [0, 0.1) is 0 Å². The Hall–Kier alpha value is -1.72. The van der Waals surface area contributed by atoms with Gasteiger partial charge >= 0.3 is 5.97 Å². The van der Waals surface area contributed by atoms with Crippen LogP contribution in [0.3, 0.4) is 0 Å². The summed E-state index contributed by atoms with van der Waals surface area (Å²) in [6, 6.07) is 10.1. The van der Waals surface area contributed by atoms with E-state index in [1.807, 2.05) is 0 Å². The summed E-state index contributed by atoms with van der Waals surface area (Å²) in [6.07, 6.45) is 0. The van der Waals surface area contributed by atoms with Gasteiger partial charge in [-0.1, -0.05) is 33.6 Å². The normalized spacial score (nSPS) is 10.2. The van der Waals surface area contributed by atoms with Crippen LogP contribution in [-0.2, 0) is 0 Å². The Balaban J connectivity index is 2.47. The Morgan fingerprint density at radius 2 is 2.05 bits per heavy atom. The zero-order valence-corrected chi connectivity index (χ0v) is 12.8. The number of benzene rings is 2. The Labute approximate surface area is 129 Å². The van der Waals surface area contributed by atoms with E-state index >= 15 is 0 Å². The fraction of sp³-hybridized carbons (Fsp3) is 0.0714. The molecule has 0 fully saturated rings. The molecule has 2 rings (SSSR count). The minimum atomic E-state index is -1.01. The molecular weight excluding hydrogens is 346 g/mol. The first-order chi connectivity index (χ1) is 9.52. The Morgan fingerprint density at radius 3 is 2.70 bits per heavy atom. The van der Waals surface area contributed by atoms with Crippen LogP contribution in [0.2, 0.25) is 5.02 Å². The van der Waals surface area contributed by atoms with Crippen molar-refractivity contribution in [3.05, 3.63) is 51.5 Å². The quantitative estimate of drug-likeness (QED) is 0.843. The van der Waals surface area contributed by atoms with Gasteiger partial charge < -0.3 is 15.2 Å². The number of methoxy groups -OCH3 is 1. The fourth-order valence-corrected chi connectivity index (χ4v) is 2.38. The van der Waals surface area contributed by atoms with Crippen LogP contribution in [0.25, 0.3) is 0 Å². The largest absolute Gasteiger partial charge is 0.493 e. The first-order valence-electron chi connectivity index (χ1n) is 5.65. The minimum absolute atomic E-state index is 0.162. The molecule has 2 N–H and O–H groups in total. The molecule has 0 radical (unpaired) electrons. The van der Waals surface area contributed by atoms with Gasteiger partial charge in [0.2, 0.25) is 0 Å². The number of rotatable bonds is 4. The van der Waals surface area contributed by atoms with Crippen LogP contribution < -0.4 is 10.1 Å². The Bertz CT molecular complexity index is 661. The molecule has 0 bridgehead atoms. The molecule has 104 valence electrons. The van der Waals surface area contributed by atoms with Crippen molar-refractivity contribution in [3.63, 3.8) is 0 Å². The predicted octanol–water partition coefficient (Wildman–Crippen LogP) is 4.55. The average molecular weight is 357 g/mol. The van der Waals surface area contributed by atoms with E-state index in [1.54, 1.807) is 30.3 Å². The molecule has 0 aliphatic heterocycles. The van der Waals surface area contributed by atoms with Crippen molar-refractivity contribution in [2.75, 3.05) is 12.4 Å². The Morgan fingerprint density at radius 1 is 1.30 bits per heavy atom. The molecule has 0 aliphatic rings. The number of para-hydroxylation sites is 1. The average Bonchev–Trinajstić information content (AvgIpc) is 2.38. The second-order valence-electron chi connectivity index (χ2n) is 3.94. The number of hydrogen-bond donors (Lipinski definition) is 2. The number of hydrogen-bond acceptors (Lipinski definition) is 3. The molecule has 2 aromatic carbocycles. The number of ether oxygens (including phenoxy) is 1. The van der Waals surface area contributed by atoms with E-state index in [0.29, 0.717) is 22.1 Å². The summed E-state index contributed by atoms with van der Waals surface area (Å²) < 4.78 is 5.99. The van der Waals surface area contributed by atoms with E-state index in [2.05, 4.69) is 21.2 Å². The molecule has 0 heterocycles. The molecule has 0 unspecified atom stereocenters. The lowest BCUT2D eigenvalue weighted by Crippen LogP contribution is -2.03. The first kappa shape index (κ1) is 14.7. The highest BCUT2D eigenvalue weighted by atomic mass is 79.9. The lowest BCUT2D eigenvalue weighted by Gasteiger charge is -2.14. The molecule has 0 saturated heterocycles. The maximum atomic E-state index is 11.2. The minimum Gasteiger partial charge on any atom is -0.493 e. The second kappa shape index (κ2) is 6.15. The first-order valence-corrected chi connectivity index (χ1v) is 6.82. The highest BCUT2D eigenvalue weighted by Gasteiger charge is 2.13. The predicted molar refractivity (Wildman–Crippen MR) is 82.4 cm³/mol. The van der Waals surface area contributed by atoms with E-state index in [-0.39, 0.29) is 5.56 Å². The van der Waals surface area contributed by atoms with Crippen LogP contribution in [-0.4, -0.2) is 18.2 Å². The lowest BCUT2D eigenvalue weighted by molar-refractivity contribution is 0.0698. The maximum Gasteiger partial charge on any atom is 0.337 e. The zero-order valence-electron chi connectivity index (χ0n) is 10.5. The van der Waals surface area contributed by atoms with Crippen molar-refractivity contribution >= 4 is 44.9 Å². The number of carboxylic acids is 1. The van der Waals surface area contributed by atoms with Crippen molar-refractivity contribution in [3.8, 4) is 5.75 Å². The number of carbonyl (C=O) groups is 1. The number of carboxylic acid groups (broad SMARTS) is 1. The summed E-state index contributed by atoms with van der Waals surface area (Å²) in [5.41, 5.74) is 1.21. The van der Waals surface area contributed by atoms with Crippen LogP contribution in [0.15, 0.2) is 40.9 Å². The van der Waals surface area contributed by atoms with Crippen LogP contribution in [0.1, 0.15) is 10.4 Å². The van der Waals surface area contributed by atoms with E-state index in [0.717, 1.165) is 4.47 Å². The van der Waals surface area contributed by atoms with E-state index < -0.39 is 5.97 Å². The van der Waals surface area contributed by atoms with Gasteiger partial charge in [0.25, 0.3) is 0 Å². The van der Waals surface area contributed by atoms with E-state index in [9.17, 15) is 9.90 Å². The molecule has 0 spiro atoms. The number of nitrogens with one attached hydrogen (secondary N) is 1. The third-order valence-corrected chi connectivity index (χ3v) is 3.44. The molecule has 0 saturated carbocycles. The van der Waals surface area contributed by atoms with Gasteiger partial charge in [-0.05, 0) is 30.3 Å².